The molecule has 3 aliphatic heterocycles. The number of ether oxygens (including phenoxy) is 1. The molecule has 0 amide bonds. The highest BCUT2D eigenvalue weighted by atomic mass is 16.5. The van der Waals surface area contributed by atoms with Crippen molar-refractivity contribution < 1.29 is 4.74 Å². The molecule has 172 valence electrons. The lowest BCUT2D eigenvalue weighted by molar-refractivity contribution is 0.180. The van der Waals surface area contributed by atoms with Gasteiger partial charge in [-0.3, -0.25) is 25.1 Å². The highest BCUT2D eigenvalue weighted by Gasteiger charge is 2.29. The first-order valence-electron chi connectivity index (χ1n) is 11.5. The van der Waals surface area contributed by atoms with Crippen molar-refractivity contribution in [1.82, 2.24) is 19.5 Å². The van der Waals surface area contributed by atoms with Crippen LogP contribution in [0.25, 0.3) is 11.6 Å². The van der Waals surface area contributed by atoms with Crippen LogP contribution in [0, 0.1) is 0 Å². The van der Waals surface area contributed by atoms with Crippen LogP contribution in [0.3, 0.4) is 0 Å². The topological polar surface area (TPSA) is 84.6 Å². The number of methoxy groups -OCH3 is 1. The number of hydrogen-bond donors (Lipinski definition) is 1. The second-order valence-corrected chi connectivity index (χ2v) is 8.98. The molecule has 33 heavy (non-hydrogen) atoms. The van der Waals surface area contributed by atoms with E-state index in [0.717, 1.165) is 42.8 Å². The van der Waals surface area contributed by atoms with E-state index in [2.05, 4.69) is 47.1 Å². The van der Waals surface area contributed by atoms with Gasteiger partial charge in [-0.15, -0.1) is 0 Å². The first-order chi connectivity index (χ1) is 16.0. The van der Waals surface area contributed by atoms with Gasteiger partial charge < -0.3 is 4.74 Å². The van der Waals surface area contributed by atoms with E-state index >= 15 is 0 Å². The molecule has 3 aliphatic rings. The Kier molecular flexibility index (Phi) is 5.72. The van der Waals surface area contributed by atoms with Crippen LogP contribution in [0.15, 0.2) is 39.3 Å². The minimum absolute atomic E-state index is 0.0828. The maximum absolute atomic E-state index is 12.7. The number of nitrogens with zero attached hydrogens (tertiary/aromatic N) is 5. The lowest BCUT2D eigenvalue weighted by Crippen LogP contribution is -2.51. The van der Waals surface area contributed by atoms with E-state index in [1.165, 1.54) is 27.5 Å². The number of pyridine rings is 1. The Morgan fingerprint density at radius 3 is 2.88 bits per heavy atom. The van der Waals surface area contributed by atoms with Crippen molar-refractivity contribution in [3.8, 4) is 0 Å². The van der Waals surface area contributed by atoms with Gasteiger partial charge in [-0.2, -0.15) is 0 Å². The molecular formula is C25H30N6O2. The normalized spacial score (nSPS) is 22.1. The van der Waals surface area contributed by atoms with E-state index in [9.17, 15) is 4.79 Å². The van der Waals surface area contributed by atoms with Gasteiger partial charge in [-0.05, 0) is 49.1 Å². The predicted octanol–water partition coefficient (Wildman–Crippen LogP) is 2.77. The lowest BCUT2D eigenvalue weighted by Gasteiger charge is -2.38. The number of fused-ring (bicyclic) bond motifs is 2. The fourth-order valence-corrected chi connectivity index (χ4v) is 4.96. The number of nitrogens with one attached hydrogen (secondary N) is 1. The fraction of sp³-hybridized carbons (Fsp3) is 0.440. The number of hydrogen-bond acceptors (Lipinski definition) is 7. The van der Waals surface area contributed by atoms with E-state index in [1.54, 1.807) is 7.11 Å². The van der Waals surface area contributed by atoms with Crippen LogP contribution in [0.1, 0.15) is 55.5 Å². The van der Waals surface area contributed by atoms with Gasteiger partial charge in [0.2, 0.25) is 0 Å². The third-order valence-corrected chi connectivity index (χ3v) is 6.77. The standard InChI is InChI=1S/C25H30N6O2/c1-5-21-16(3)20(12-27-21)17-9-18-13-30(7-6-22(18)26-11-17)25-15(2)8-23-28-19(14-33-4)10-24(32)31(23)29-25/h8-12,21,25,29H,5-7,13-14H2,1-4H3. The van der Waals surface area contributed by atoms with Gasteiger partial charge in [-0.25, -0.2) is 9.66 Å². The van der Waals surface area contributed by atoms with Gasteiger partial charge in [0.05, 0.1) is 18.3 Å². The Morgan fingerprint density at radius 2 is 2.12 bits per heavy atom. The zero-order valence-electron chi connectivity index (χ0n) is 19.6. The Labute approximate surface area is 193 Å². The summed E-state index contributed by atoms with van der Waals surface area (Å²) in [6.45, 7) is 8.36. The molecule has 2 atom stereocenters. The lowest BCUT2D eigenvalue weighted by atomic mass is 9.96. The highest BCUT2D eigenvalue weighted by Crippen LogP contribution is 2.30. The van der Waals surface area contributed by atoms with Gasteiger partial charge in [-0.1, -0.05) is 6.92 Å². The molecular weight excluding hydrogens is 416 g/mol. The zero-order valence-corrected chi connectivity index (χ0v) is 19.6. The fourth-order valence-electron chi connectivity index (χ4n) is 4.96. The van der Waals surface area contributed by atoms with Crippen LogP contribution >= 0.6 is 0 Å². The number of aliphatic imine (C=N–C) groups is 1. The minimum Gasteiger partial charge on any atom is -0.378 e. The maximum Gasteiger partial charge on any atom is 0.272 e. The summed E-state index contributed by atoms with van der Waals surface area (Å²) in [6, 6.07) is 4.07. The molecule has 0 aromatic carbocycles. The smallest absolute Gasteiger partial charge is 0.272 e. The molecule has 1 N–H and O–H groups in total. The highest BCUT2D eigenvalue weighted by molar-refractivity contribution is 6.13. The van der Waals surface area contributed by atoms with Crippen molar-refractivity contribution in [3.63, 3.8) is 0 Å². The summed E-state index contributed by atoms with van der Waals surface area (Å²) in [5, 5.41) is 0. The molecule has 0 fully saturated rings. The van der Waals surface area contributed by atoms with Crippen LogP contribution in [-0.4, -0.2) is 51.6 Å². The quantitative estimate of drug-likeness (QED) is 0.760. The summed E-state index contributed by atoms with van der Waals surface area (Å²) in [5.74, 6) is 0.609. The van der Waals surface area contributed by atoms with Crippen molar-refractivity contribution in [2.75, 3.05) is 19.1 Å². The van der Waals surface area contributed by atoms with Crippen molar-refractivity contribution in [2.24, 2.45) is 4.99 Å². The van der Waals surface area contributed by atoms with Crippen molar-refractivity contribution in [3.05, 3.63) is 68.2 Å². The third kappa shape index (κ3) is 3.94. The SMILES string of the molecule is CCC1N=CC(c2cnc3c(c2)CN(C2Nn4c(nc(COC)cc4=O)C=C2C)CC3)=C1C. The van der Waals surface area contributed by atoms with Gasteiger partial charge in [0.15, 0.2) is 5.82 Å². The molecule has 5 heterocycles. The molecule has 8 nitrogen and oxygen atoms in total. The molecule has 0 saturated carbocycles. The van der Waals surface area contributed by atoms with Crippen molar-refractivity contribution >= 4 is 17.9 Å². The molecule has 0 spiro atoms. The second-order valence-electron chi connectivity index (χ2n) is 8.98. The largest absolute Gasteiger partial charge is 0.378 e. The van der Waals surface area contributed by atoms with E-state index in [1.807, 2.05) is 18.5 Å². The first kappa shape index (κ1) is 21.7. The Balaban J connectivity index is 1.41. The summed E-state index contributed by atoms with van der Waals surface area (Å²) >= 11 is 0. The molecule has 0 saturated heterocycles. The molecule has 5 rings (SSSR count). The summed E-state index contributed by atoms with van der Waals surface area (Å²) in [6.07, 6.45) is 7.77. The Hall–Kier alpha value is -3.10. The minimum atomic E-state index is -0.129. The number of aromatic nitrogens is 3. The molecule has 8 heteroatoms. The Morgan fingerprint density at radius 1 is 1.27 bits per heavy atom. The summed E-state index contributed by atoms with van der Waals surface area (Å²) in [7, 11) is 1.60. The maximum atomic E-state index is 12.7. The second kappa shape index (κ2) is 8.68. The average molecular weight is 447 g/mol. The summed E-state index contributed by atoms with van der Waals surface area (Å²) in [4.78, 5) is 29.1. The average Bonchev–Trinajstić information content (AvgIpc) is 3.18. The zero-order chi connectivity index (χ0) is 23.1. The molecule has 0 aliphatic carbocycles. The molecule has 2 unspecified atom stereocenters. The van der Waals surface area contributed by atoms with E-state index in [0.29, 0.717) is 18.1 Å². The van der Waals surface area contributed by atoms with Gasteiger partial charge in [0, 0.05) is 61.9 Å². The molecule has 0 bridgehead atoms. The van der Waals surface area contributed by atoms with E-state index in [-0.39, 0.29) is 17.8 Å². The summed E-state index contributed by atoms with van der Waals surface area (Å²) in [5.41, 5.74) is 11.0. The first-order valence-corrected chi connectivity index (χ1v) is 11.5. The van der Waals surface area contributed by atoms with Crippen LogP contribution in [0.2, 0.25) is 0 Å². The van der Waals surface area contributed by atoms with E-state index < -0.39 is 0 Å². The van der Waals surface area contributed by atoms with Crippen LogP contribution in [-0.2, 0) is 24.3 Å². The van der Waals surface area contributed by atoms with Crippen LogP contribution in [0.4, 0.5) is 0 Å². The predicted molar refractivity (Wildman–Crippen MR) is 130 cm³/mol. The summed E-state index contributed by atoms with van der Waals surface area (Å²) < 4.78 is 6.68. The monoisotopic (exact) mass is 446 g/mol. The van der Waals surface area contributed by atoms with Gasteiger partial charge in [0.25, 0.3) is 5.56 Å². The third-order valence-electron chi connectivity index (χ3n) is 6.77. The number of allylic oxidation sites excluding steroid dienone is 1. The number of rotatable bonds is 5. The van der Waals surface area contributed by atoms with Gasteiger partial charge in [0.1, 0.15) is 6.17 Å². The van der Waals surface area contributed by atoms with Crippen LogP contribution in [0.5, 0.6) is 0 Å². The Bertz CT molecular complexity index is 1240. The van der Waals surface area contributed by atoms with Gasteiger partial charge >= 0.3 is 0 Å². The van der Waals surface area contributed by atoms with Crippen molar-refractivity contribution in [1.29, 1.82) is 0 Å². The van der Waals surface area contributed by atoms with Crippen LogP contribution < -0.4 is 11.0 Å². The van der Waals surface area contributed by atoms with E-state index in [4.69, 9.17) is 9.72 Å². The van der Waals surface area contributed by atoms with Crippen molar-refractivity contribution in [2.45, 2.75) is 59.0 Å². The molecule has 0 radical (unpaired) electrons. The molecule has 2 aromatic rings. The molecule has 2 aromatic heterocycles.